The van der Waals surface area contributed by atoms with Crippen molar-refractivity contribution in [2.24, 2.45) is 0 Å². The quantitative estimate of drug-likeness (QED) is 0.874. The number of ether oxygens (including phenoxy) is 2. The number of aliphatic hydroxyl groups is 1. The summed E-state index contributed by atoms with van der Waals surface area (Å²) >= 11 is 3.35. The van der Waals surface area contributed by atoms with Crippen molar-refractivity contribution in [2.45, 2.75) is 6.61 Å². The zero-order valence-corrected chi connectivity index (χ0v) is 12.3. The third-order valence-corrected chi connectivity index (χ3v) is 3.36. The van der Waals surface area contributed by atoms with Gasteiger partial charge in [-0.25, -0.2) is 4.39 Å². The Morgan fingerprint density at radius 2 is 1.75 bits per heavy atom. The Bertz CT molecular complexity index is 575. The SMILES string of the molecule is OCCOc1ccccc1OCc1cc(F)ccc1Br. The van der Waals surface area contributed by atoms with Crippen LogP contribution < -0.4 is 9.47 Å². The minimum absolute atomic E-state index is 0.0657. The molecule has 106 valence electrons. The Hall–Kier alpha value is -1.59. The van der Waals surface area contributed by atoms with Crippen molar-refractivity contribution in [3.8, 4) is 11.5 Å². The molecule has 0 aromatic heterocycles. The maximum Gasteiger partial charge on any atom is 0.161 e. The first-order chi connectivity index (χ1) is 9.70. The summed E-state index contributed by atoms with van der Waals surface area (Å²) in [5.74, 6) is 0.794. The Morgan fingerprint density at radius 3 is 2.45 bits per heavy atom. The van der Waals surface area contributed by atoms with Crippen LogP contribution in [0, 0.1) is 5.82 Å². The fourth-order valence-corrected chi connectivity index (χ4v) is 2.01. The topological polar surface area (TPSA) is 38.7 Å². The molecule has 20 heavy (non-hydrogen) atoms. The Balaban J connectivity index is 2.08. The van der Waals surface area contributed by atoms with Gasteiger partial charge in [-0.15, -0.1) is 0 Å². The molecule has 3 nitrogen and oxygen atoms in total. The average molecular weight is 341 g/mol. The predicted molar refractivity (Wildman–Crippen MR) is 77.5 cm³/mol. The maximum atomic E-state index is 13.2. The van der Waals surface area contributed by atoms with Crippen LogP contribution in [0.2, 0.25) is 0 Å². The fourth-order valence-electron chi connectivity index (χ4n) is 1.65. The van der Waals surface area contributed by atoms with Crippen molar-refractivity contribution in [1.82, 2.24) is 0 Å². The highest BCUT2D eigenvalue weighted by Gasteiger charge is 2.07. The van der Waals surface area contributed by atoms with Gasteiger partial charge in [0.2, 0.25) is 0 Å². The molecular formula is C15H14BrFO3. The minimum atomic E-state index is -0.309. The first-order valence-corrected chi connectivity index (χ1v) is 6.89. The number of hydrogen-bond donors (Lipinski definition) is 1. The Kier molecular flexibility index (Phi) is 5.38. The molecule has 0 saturated carbocycles. The molecule has 0 fully saturated rings. The fraction of sp³-hybridized carbons (Fsp3) is 0.200. The van der Waals surface area contributed by atoms with Crippen LogP contribution in [0.25, 0.3) is 0 Å². The number of benzene rings is 2. The lowest BCUT2D eigenvalue weighted by Crippen LogP contribution is -2.04. The van der Waals surface area contributed by atoms with Crippen molar-refractivity contribution in [2.75, 3.05) is 13.2 Å². The minimum Gasteiger partial charge on any atom is -0.487 e. The van der Waals surface area contributed by atoms with Crippen LogP contribution in [0.3, 0.4) is 0 Å². The van der Waals surface area contributed by atoms with Crippen LogP contribution in [0.1, 0.15) is 5.56 Å². The van der Waals surface area contributed by atoms with Gasteiger partial charge in [-0.2, -0.15) is 0 Å². The van der Waals surface area contributed by atoms with Gasteiger partial charge >= 0.3 is 0 Å². The number of halogens is 2. The van der Waals surface area contributed by atoms with E-state index in [0.29, 0.717) is 17.1 Å². The van der Waals surface area contributed by atoms with Gasteiger partial charge in [0, 0.05) is 10.0 Å². The van der Waals surface area contributed by atoms with E-state index in [2.05, 4.69) is 15.9 Å². The van der Waals surface area contributed by atoms with E-state index >= 15 is 0 Å². The van der Waals surface area contributed by atoms with Gasteiger partial charge in [-0.1, -0.05) is 28.1 Å². The first-order valence-electron chi connectivity index (χ1n) is 6.10. The zero-order valence-electron chi connectivity index (χ0n) is 10.7. The first kappa shape index (κ1) is 14.8. The highest BCUT2D eigenvalue weighted by Crippen LogP contribution is 2.28. The van der Waals surface area contributed by atoms with E-state index in [4.69, 9.17) is 14.6 Å². The van der Waals surface area contributed by atoms with Gasteiger partial charge < -0.3 is 14.6 Å². The second-order valence-corrected chi connectivity index (χ2v) is 4.90. The van der Waals surface area contributed by atoms with Crippen molar-refractivity contribution in [1.29, 1.82) is 0 Å². The Morgan fingerprint density at radius 1 is 1.05 bits per heavy atom. The van der Waals surface area contributed by atoms with Crippen molar-refractivity contribution < 1.29 is 19.0 Å². The molecular weight excluding hydrogens is 327 g/mol. The van der Waals surface area contributed by atoms with Crippen LogP contribution in [-0.4, -0.2) is 18.3 Å². The number of aliphatic hydroxyl groups excluding tert-OH is 1. The van der Waals surface area contributed by atoms with Gasteiger partial charge in [0.25, 0.3) is 0 Å². The van der Waals surface area contributed by atoms with E-state index in [1.54, 1.807) is 18.2 Å². The van der Waals surface area contributed by atoms with Crippen molar-refractivity contribution in [3.05, 3.63) is 58.3 Å². The normalized spacial score (nSPS) is 10.3. The van der Waals surface area contributed by atoms with E-state index in [1.807, 2.05) is 12.1 Å². The van der Waals surface area contributed by atoms with Crippen LogP contribution >= 0.6 is 15.9 Å². The molecule has 2 rings (SSSR count). The summed E-state index contributed by atoms with van der Waals surface area (Å²) in [6.07, 6.45) is 0. The van der Waals surface area contributed by atoms with Crippen LogP contribution in [0.15, 0.2) is 46.9 Å². The van der Waals surface area contributed by atoms with E-state index < -0.39 is 0 Å². The third-order valence-electron chi connectivity index (χ3n) is 2.59. The zero-order chi connectivity index (χ0) is 14.4. The summed E-state index contributed by atoms with van der Waals surface area (Å²) in [5.41, 5.74) is 0.710. The standard InChI is InChI=1S/C15H14BrFO3/c16-13-6-5-12(17)9-11(13)10-20-15-4-2-1-3-14(15)19-8-7-18/h1-6,9,18H,7-8,10H2. The molecule has 0 aliphatic rings. The van der Waals surface area contributed by atoms with Crippen molar-refractivity contribution in [3.63, 3.8) is 0 Å². The van der Waals surface area contributed by atoms with Crippen LogP contribution in [0.4, 0.5) is 4.39 Å². The molecule has 0 aliphatic heterocycles. The van der Waals surface area contributed by atoms with Crippen LogP contribution in [-0.2, 0) is 6.61 Å². The Labute approximate surface area is 125 Å². The lowest BCUT2D eigenvalue weighted by molar-refractivity contribution is 0.192. The lowest BCUT2D eigenvalue weighted by Gasteiger charge is -2.12. The number of hydrogen-bond acceptors (Lipinski definition) is 3. The average Bonchev–Trinajstić information content (AvgIpc) is 2.47. The second kappa shape index (κ2) is 7.26. The second-order valence-electron chi connectivity index (χ2n) is 4.04. The van der Waals surface area contributed by atoms with E-state index in [9.17, 15) is 4.39 Å². The number of para-hydroxylation sites is 2. The molecule has 0 radical (unpaired) electrons. The highest BCUT2D eigenvalue weighted by molar-refractivity contribution is 9.10. The molecule has 0 spiro atoms. The molecule has 0 bridgehead atoms. The lowest BCUT2D eigenvalue weighted by atomic mass is 10.2. The summed E-state index contributed by atoms with van der Waals surface area (Å²) in [6.45, 7) is 0.353. The highest BCUT2D eigenvalue weighted by atomic mass is 79.9. The third kappa shape index (κ3) is 3.95. The molecule has 0 aliphatic carbocycles. The van der Waals surface area contributed by atoms with Gasteiger partial charge in [0.15, 0.2) is 11.5 Å². The molecule has 2 aromatic rings. The number of rotatable bonds is 6. The van der Waals surface area contributed by atoms with E-state index in [-0.39, 0.29) is 25.6 Å². The summed E-state index contributed by atoms with van der Waals surface area (Å²) in [6, 6.07) is 11.6. The van der Waals surface area contributed by atoms with Gasteiger partial charge in [0.05, 0.1) is 6.61 Å². The molecule has 0 heterocycles. The molecule has 5 heteroatoms. The van der Waals surface area contributed by atoms with E-state index in [0.717, 1.165) is 4.47 Å². The van der Waals surface area contributed by atoms with Gasteiger partial charge in [-0.05, 0) is 30.3 Å². The van der Waals surface area contributed by atoms with E-state index in [1.165, 1.54) is 12.1 Å². The van der Waals surface area contributed by atoms with Crippen LogP contribution in [0.5, 0.6) is 11.5 Å². The van der Waals surface area contributed by atoms with Gasteiger partial charge in [-0.3, -0.25) is 0 Å². The maximum absolute atomic E-state index is 13.2. The van der Waals surface area contributed by atoms with Crippen molar-refractivity contribution >= 4 is 15.9 Å². The molecule has 2 aromatic carbocycles. The molecule has 0 unspecified atom stereocenters. The predicted octanol–water partition coefficient (Wildman–Crippen LogP) is 3.54. The summed E-state index contributed by atoms with van der Waals surface area (Å²) in [5, 5.41) is 8.78. The van der Waals surface area contributed by atoms with Gasteiger partial charge in [0.1, 0.15) is 19.0 Å². The molecule has 0 atom stereocenters. The monoisotopic (exact) mass is 340 g/mol. The summed E-state index contributed by atoms with van der Waals surface area (Å²) in [7, 11) is 0. The summed E-state index contributed by atoms with van der Waals surface area (Å²) in [4.78, 5) is 0. The smallest absolute Gasteiger partial charge is 0.161 e. The largest absolute Gasteiger partial charge is 0.487 e. The molecule has 0 amide bonds. The molecule has 0 saturated heterocycles. The molecule has 1 N–H and O–H groups in total. The summed E-state index contributed by atoms with van der Waals surface area (Å²) < 4.78 is 25.0.